The predicted molar refractivity (Wildman–Crippen MR) is 53.3 cm³/mol. The molecular formula is C8H4Cl3N. The fraction of sp³-hybridized carbons (Fsp3) is 0. The van der Waals surface area contributed by atoms with Crippen LogP contribution in [0.3, 0.4) is 0 Å². The van der Waals surface area contributed by atoms with Gasteiger partial charge in [0.1, 0.15) is 5.15 Å². The number of H-pyrrole nitrogens is 1. The van der Waals surface area contributed by atoms with Gasteiger partial charge in [-0.1, -0.05) is 34.8 Å². The van der Waals surface area contributed by atoms with Crippen LogP contribution in [-0.4, -0.2) is 4.98 Å². The minimum Gasteiger partial charge on any atom is -0.346 e. The highest BCUT2D eigenvalue weighted by Crippen LogP contribution is 2.29. The van der Waals surface area contributed by atoms with Gasteiger partial charge >= 0.3 is 0 Å². The number of fused-ring (bicyclic) bond motifs is 1. The minimum absolute atomic E-state index is 0.564. The van der Waals surface area contributed by atoms with E-state index < -0.39 is 0 Å². The molecule has 1 N–H and O–H groups in total. The van der Waals surface area contributed by atoms with Crippen molar-refractivity contribution in [1.29, 1.82) is 0 Å². The average molecular weight is 220 g/mol. The summed E-state index contributed by atoms with van der Waals surface area (Å²) in [6.45, 7) is 0. The van der Waals surface area contributed by atoms with Gasteiger partial charge in [-0.15, -0.1) is 0 Å². The van der Waals surface area contributed by atoms with Crippen LogP contribution in [0, 0.1) is 0 Å². The Morgan fingerprint density at radius 3 is 2.50 bits per heavy atom. The molecule has 2 aromatic rings. The lowest BCUT2D eigenvalue weighted by Gasteiger charge is -1.93. The van der Waals surface area contributed by atoms with Gasteiger partial charge in [0.25, 0.3) is 0 Å². The van der Waals surface area contributed by atoms with Gasteiger partial charge in [-0.25, -0.2) is 0 Å². The first kappa shape index (κ1) is 8.24. The predicted octanol–water partition coefficient (Wildman–Crippen LogP) is 4.13. The monoisotopic (exact) mass is 219 g/mol. The Hall–Kier alpha value is -0.370. The van der Waals surface area contributed by atoms with Crippen LogP contribution in [-0.2, 0) is 0 Å². The van der Waals surface area contributed by atoms with E-state index in [1.807, 2.05) is 0 Å². The third-order valence-electron chi connectivity index (χ3n) is 1.62. The lowest BCUT2D eigenvalue weighted by molar-refractivity contribution is 1.48. The molecule has 4 heteroatoms. The molecule has 0 saturated heterocycles. The summed E-state index contributed by atoms with van der Waals surface area (Å²) in [6.07, 6.45) is 0. The Morgan fingerprint density at radius 1 is 1.00 bits per heavy atom. The highest BCUT2D eigenvalue weighted by Gasteiger charge is 2.03. The van der Waals surface area contributed by atoms with E-state index in [1.165, 1.54) is 0 Å². The zero-order valence-electron chi connectivity index (χ0n) is 5.87. The number of benzene rings is 1. The molecular weight excluding hydrogens is 216 g/mol. The number of aromatic nitrogens is 1. The van der Waals surface area contributed by atoms with Crippen molar-refractivity contribution in [3.63, 3.8) is 0 Å². The Labute approximate surface area is 84.2 Å². The van der Waals surface area contributed by atoms with Crippen LogP contribution in [0.2, 0.25) is 15.2 Å². The third kappa shape index (κ3) is 1.28. The van der Waals surface area contributed by atoms with Crippen molar-refractivity contribution < 1.29 is 0 Å². The van der Waals surface area contributed by atoms with Gasteiger partial charge in [-0.2, -0.15) is 0 Å². The molecule has 0 radical (unpaired) electrons. The Morgan fingerprint density at radius 2 is 1.75 bits per heavy atom. The molecule has 0 amide bonds. The molecule has 0 aliphatic carbocycles. The summed E-state index contributed by atoms with van der Waals surface area (Å²) in [4.78, 5) is 2.94. The lowest BCUT2D eigenvalue weighted by atomic mass is 10.2. The average Bonchev–Trinajstić information content (AvgIpc) is 2.29. The fourth-order valence-electron chi connectivity index (χ4n) is 1.13. The van der Waals surface area contributed by atoms with E-state index in [0.717, 1.165) is 10.9 Å². The van der Waals surface area contributed by atoms with E-state index in [0.29, 0.717) is 15.2 Å². The summed E-state index contributed by atoms with van der Waals surface area (Å²) < 4.78 is 0. The first-order valence-corrected chi connectivity index (χ1v) is 4.43. The van der Waals surface area contributed by atoms with Gasteiger partial charge in [0.15, 0.2) is 0 Å². The van der Waals surface area contributed by atoms with Crippen LogP contribution >= 0.6 is 34.8 Å². The minimum atomic E-state index is 0.564. The maximum atomic E-state index is 5.91. The van der Waals surface area contributed by atoms with Gasteiger partial charge in [0, 0.05) is 15.9 Å². The van der Waals surface area contributed by atoms with Crippen LogP contribution in [0.1, 0.15) is 0 Å². The molecule has 0 spiro atoms. The second-order valence-corrected chi connectivity index (χ2v) is 3.72. The first-order valence-electron chi connectivity index (χ1n) is 3.30. The molecule has 12 heavy (non-hydrogen) atoms. The second-order valence-electron chi connectivity index (χ2n) is 2.47. The maximum absolute atomic E-state index is 5.91. The standard InChI is InChI=1S/C8H4Cl3N/c9-4-1-6(10)5-3-8(11)12-7(5)2-4/h1-3,12H. The zero-order valence-corrected chi connectivity index (χ0v) is 8.13. The summed E-state index contributed by atoms with van der Waals surface area (Å²) in [5, 5.41) is 2.67. The largest absolute Gasteiger partial charge is 0.346 e. The van der Waals surface area contributed by atoms with Crippen molar-refractivity contribution in [2.75, 3.05) is 0 Å². The molecule has 1 aromatic heterocycles. The summed E-state index contributed by atoms with van der Waals surface area (Å²) in [7, 11) is 0. The third-order valence-corrected chi connectivity index (χ3v) is 2.35. The van der Waals surface area contributed by atoms with E-state index in [1.54, 1.807) is 18.2 Å². The van der Waals surface area contributed by atoms with Gasteiger partial charge < -0.3 is 4.98 Å². The van der Waals surface area contributed by atoms with Gasteiger partial charge in [0.2, 0.25) is 0 Å². The summed E-state index contributed by atoms with van der Waals surface area (Å²) in [6, 6.07) is 5.25. The number of halogens is 3. The number of nitrogens with one attached hydrogen (secondary N) is 1. The van der Waals surface area contributed by atoms with Crippen molar-refractivity contribution in [3.8, 4) is 0 Å². The Kier molecular flexibility index (Phi) is 1.95. The normalized spacial score (nSPS) is 10.9. The van der Waals surface area contributed by atoms with E-state index >= 15 is 0 Å². The molecule has 0 unspecified atom stereocenters. The van der Waals surface area contributed by atoms with Crippen LogP contribution in [0.5, 0.6) is 0 Å². The van der Waals surface area contributed by atoms with Crippen LogP contribution < -0.4 is 0 Å². The molecule has 0 fully saturated rings. The van der Waals surface area contributed by atoms with Crippen LogP contribution in [0.15, 0.2) is 18.2 Å². The molecule has 0 aliphatic heterocycles. The molecule has 0 atom stereocenters. The Balaban J connectivity index is 2.88. The van der Waals surface area contributed by atoms with E-state index in [2.05, 4.69) is 4.98 Å². The van der Waals surface area contributed by atoms with Gasteiger partial charge in [-0.05, 0) is 18.2 Å². The fourth-order valence-corrected chi connectivity index (χ4v) is 1.89. The van der Waals surface area contributed by atoms with Gasteiger partial charge in [-0.3, -0.25) is 0 Å². The Bertz CT molecular complexity index is 433. The molecule has 1 nitrogen and oxygen atoms in total. The molecule has 0 saturated carbocycles. The number of hydrogen-bond donors (Lipinski definition) is 1. The number of hydrogen-bond acceptors (Lipinski definition) is 0. The topological polar surface area (TPSA) is 15.8 Å². The lowest BCUT2D eigenvalue weighted by Crippen LogP contribution is -1.70. The molecule has 0 bridgehead atoms. The van der Waals surface area contributed by atoms with Gasteiger partial charge in [0.05, 0.1) is 5.02 Å². The van der Waals surface area contributed by atoms with Crippen molar-refractivity contribution >= 4 is 45.7 Å². The van der Waals surface area contributed by atoms with Crippen molar-refractivity contribution in [1.82, 2.24) is 4.98 Å². The van der Waals surface area contributed by atoms with E-state index in [-0.39, 0.29) is 0 Å². The quantitative estimate of drug-likeness (QED) is 0.687. The highest BCUT2D eigenvalue weighted by atomic mass is 35.5. The highest BCUT2D eigenvalue weighted by molar-refractivity contribution is 6.39. The van der Waals surface area contributed by atoms with Crippen LogP contribution in [0.4, 0.5) is 0 Å². The zero-order chi connectivity index (χ0) is 8.72. The van der Waals surface area contributed by atoms with Crippen molar-refractivity contribution in [2.24, 2.45) is 0 Å². The molecule has 1 heterocycles. The molecule has 62 valence electrons. The maximum Gasteiger partial charge on any atom is 0.107 e. The van der Waals surface area contributed by atoms with E-state index in [9.17, 15) is 0 Å². The molecule has 0 aliphatic rings. The van der Waals surface area contributed by atoms with Crippen molar-refractivity contribution in [2.45, 2.75) is 0 Å². The van der Waals surface area contributed by atoms with Crippen molar-refractivity contribution in [3.05, 3.63) is 33.4 Å². The molecule has 1 aromatic carbocycles. The second kappa shape index (κ2) is 2.84. The molecule has 2 rings (SSSR count). The SMILES string of the molecule is Clc1cc(Cl)c2cc(Cl)[nH]c2c1. The number of aromatic amines is 1. The summed E-state index contributed by atoms with van der Waals surface area (Å²) in [5.41, 5.74) is 0.859. The summed E-state index contributed by atoms with van der Waals surface area (Å²) >= 11 is 17.4. The van der Waals surface area contributed by atoms with Crippen LogP contribution in [0.25, 0.3) is 10.9 Å². The smallest absolute Gasteiger partial charge is 0.107 e. The summed E-state index contributed by atoms with van der Waals surface area (Å²) in [5.74, 6) is 0. The number of rotatable bonds is 0. The first-order chi connectivity index (χ1) is 5.66. The van der Waals surface area contributed by atoms with E-state index in [4.69, 9.17) is 34.8 Å².